The van der Waals surface area contributed by atoms with Crippen molar-refractivity contribution in [1.82, 2.24) is 30.0 Å². The molecule has 3 heterocycles. The topological polar surface area (TPSA) is 192 Å². The smallest absolute Gasteiger partial charge is 0.258 e. The Kier molecular flexibility index (Phi) is 13.1. The van der Waals surface area contributed by atoms with E-state index < -0.39 is 40.2 Å². The van der Waals surface area contributed by atoms with Crippen molar-refractivity contribution in [2.75, 3.05) is 63.3 Å². The van der Waals surface area contributed by atoms with Crippen LogP contribution >= 0.6 is 23.4 Å². The van der Waals surface area contributed by atoms with Gasteiger partial charge in [0.05, 0.1) is 19.0 Å². The molecule has 2 aliphatic carbocycles. The van der Waals surface area contributed by atoms with Gasteiger partial charge in [0.15, 0.2) is 5.67 Å². The number of carbonyl (C=O) groups excluding carboxylic acids is 5. The lowest BCUT2D eigenvalue weighted by Gasteiger charge is -2.39. The van der Waals surface area contributed by atoms with Crippen LogP contribution < -0.4 is 26.4 Å². The highest BCUT2D eigenvalue weighted by Gasteiger charge is 2.53. The predicted octanol–water partition coefficient (Wildman–Crippen LogP) is 3.99. The van der Waals surface area contributed by atoms with E-state index in [9.17, 15) is 28.4 Å². The summed E-state index contributed by atoms with van der Waals surface area (Å²) < 4.78 is 19.5. The fourth-order valence-corrected chi connectivity index (χ4v) is 9.35. The third kappa shape index (κ3) is 9.67. The minimum absolute atomic E-state index is 0.103. The van der Waals surface area contributed by atoms with Gasteiger partial charge < -0.3 is 41.1 Å². The van der Waals surface area contributed by atoms with Crippen LogP contribution in [0.2, 0.25) is 5.02 Å². The van der Waals surface area contributed by atoms with Crippen LogP contribution in [-0.4, -0.2) is 129 Å². The highest BCUT2D eigenvalue weighted by atomic mass is 35.5. The van der Waals surface area contributed by atoms with Crippen LogP contribution in [0.15, 0.2) is 24.4 Å². The van der Waals surface area contributed by atoms with Gasteiger partial charge in [-0.25, -0.2) is 9.37 Å². The van der Waals surface area contributed by atoms with Crippen molar-refractivity contribution in [3.63, 3.8) is 0 Å². The summed E-state index contributed by atoms with van der Waals surface area (Å²) in [5.41, 5.74) is 4.68. The van der Waals surface area contributed by atoms with Crippen LogP contribution in [0.4, 0.5) is 21.8 Å². The molecule has 2 aromatic rings. The van der Waals surface area contributed by atoms with Crippen LogP contribution in [0.3, 0.4) is 0 Å². The molecule has 2 atom stereocenters. The lowest BCUT2D eigenvalue weighted by molar-refractivity contribution is -0.142. The number of aromatic nitrogens is 2. The number of amides is 5. The predicted molar refractivity (Wildman–Crippen MR) is 216 cm³/mol. The van der Waals surface area contributed by atoms with E-state index in [-0.39, 0.29) is 30.6 Å². The van der Waals surface area contributed by atoms with Gasteiger partial charge in [0.1, 0.15) is 28.7 Å². The number of nitrogens with one attached hydrogen (secondary N) is 3. The minimum atomic E-state index is -1.95. The number of thioether (sulfide) groups is 1. The van der Waals surface area contributed by atoms with Gasteiger partial charge in [0.25, 0.3) is 11.8 Å². The monoisotopic (exact) mass is 829 g/mol. The first-order valence-electron chi connectivity index (χ1n) is 19.6. The molecule has 1 aromatic heterocycles. The molecule has 2 saturated carbocycles. The zero-order chi connectivity index (χ0) is 41.1. The number of primary amides is 1. The Balaban J connectivity index is 0.980. The lowest BCUT2D eigenvalue weighted by atomic mass is 9.82. The van der Waals surface area contributed by atoms with E-state index in [1.165, 1.54) is 18.2 Å². The first-order valence-corrected chi connectivity index (χ1v) is 21.0. The molecular formula is C39H53ClFN9O6S. The number of likely N-dealkylation sites (tertiary alicyclic amines) is 1. The summed E-state index contributed by atoms with van der Waals surface area (Å²) in [4.78, 5) is 79.5. The number of hydrogen-bond donors (Lipinski definition) is 4. The maximum absolute atomic E-state index is 14.8. The second-order valence-electron chi connectivity index (χ2n) is 15.9. The van der Waals surface area contributed by atoms with Crippen molar-refractivity contribution in [1.29, 1.82) is 0 Å². The SMILES string of the molecule is CNc1nc(Nc2ccc(C(=O)N3CCN(C(=O)C4CCC(CSC(C)(C)[C@H](NC(=O)C5(F)CC5)C(=O)N5CCCC5C(N)=O)CC4)CC3)cc2OC)ncc1Cl. The summed E-state index contributed by atoms with van der Waals surface area (Å²) in [6, 6.07) is 3.34. The normalized spacial score (nSPS) is 22.4. The molecule has 4 aliphatic rings. The Morgan fingerprint density at radius 1 is 1.05 bits per heavy atom. The number of nitrogens with zero attached hydrogens (tertiary/aromatic N) is 5. The molecule has 310 valence electrons. The van der Waals surface area contributed by atoms with Crippen molar-refractivity contribution in [2.24, 2.45) is 17.6 Å². The summed E-state index contributed by atoms with van der Waals surface area (Å²) in [5, 5.41) is 9.11. The molecule has 57 heavy (non-hydrogen) atoms. The molecule has 6 rings (SSSR count). The highest BCUT2D eigenvalue weighted by Crippen LogP contribution is 2.42. The minimum Gasteiger partial charge on any atom is -0.495 e. The molecule has 2 aliphatic heterocycles. The quantitative estimate of drug-likeness (QED) is 0.215. The number of piperazine rings is 1. The highest BCUT2D eigenvalue weighted by molar-refractivity contribution is 8.00. The molecule has 1 aromatic carbocycles. The standard InChI is InChI=1S/C39H53ClFN9O6S/c1-38(2,30(46-36(55)39(41)13-14-39)35(54)50-15-5-6-28(50)31(42)51)57-22-23-7-9-24(10-8-23)33(52)48-16-18-49(19-17-48)34(53)25-11-12-27(29(20-25)56-4)45-37-44-21-26(40)32(43-3)47-37/h11-12,20-21,23-24,28,30H,5-10,13-19,22H2,1-4H3,(H2,42,51)(H,46,55)(H2,43,44,45,47)/t23?,24?,28?,30-/m1/s1. The van der Waals surface area contributed by atoms with Gasteiger partial charge in [-0.15, -0.1) is 0 Å². The van der Waals surface area contributed by atoms with E-state index in [0.29, 0.717) is 91.0 Å². The molecule has 15 nitrogen and oxygen atoms in total. The number of rotatable bonds is 14. The van der Waals surface area contributed by atoms with E-state index >= 15 is 0 Å². The Morgan fingerprint density at radius 2 is 1.74 bits per heavy atom. The molecule has 2 saturated heterocycles. The van der Waals surface area contributed by atoms with Gasteiger partial charge >= 0.3 is 0 Å². The fourth-order valence-electron chi connectivity index (χ4n) is 7.84. The second kappa shape index (κ2) is 17.6. The summed E-state index contributed by atoms with van der Waals surface area (Å²) in [6.07, 6.45) is 5.96. The van der Waals surface area contributed by atoms with Crippen molar-refractivity contribution >= 4 is 70.4 Å². The van der Waals surface area contributed by atoms with E-state index in [0.717, 1.165) is 25.7 Å². The van der Waals surface area contributed by atoms with Crippen molar-refractivity contribution in [3.8, 4) is 5.75 Å². The molecule has 0 radical (unpaired) electrons. The Hall–Kier alpha value is -4.38. The molecule has 1 unspecified atom stereocenters. The van der Waals surface area contributed by atoms with E-state index in [4.69, 9.17) is 22.1 Å². The molecule has 4 fully saturated rings. The summed E-state index contributed by atoms with van der Waals surface area (Å²) >= 11 is 7.65. The van der Waals surface area contributed by atoms with Gasteiger partial charge in [-0.2, -0.15) is 16.7 Å². The Morgan fingerprint density at radius 3 is 2.37 bits per heavy atom. The van der Waals surface area contributed by atoms with Gasteiger partial charge in [0.2, 0.25) is 23.7 Å². The lowest BCUT2D eigenvalue weighted by Crippen LogP contribution is -2.60. The number of benzene rings is 1. The van der Waals surface area contributed by atoms with Gasteiger partial charge in [-0.1, -0.05) is 11.6 Å². The molecule has 0 spiro atoms. The van der Waals surface area contributed by atoms with Crippen LogP contribution in [-0.2, 0) is 19.2 Å². The summed E-state index contributed by atoms with van der Waals surface area (Å²) in [7, 11) is 3.23. The van der Waals surface area contributed by atoms with Crippen molar-refractivity contribution < 1.29 is 33.1 Å². The second-order valence-corrected chi connectivity index (χ2v) is 18.0. The number of methoxy groups -OCH3 is 1. The van der Waals surface area contributed by atoms with Gasteiger partial charge in [0, 0.05) is 56.0 Å². The average molecular weight is 830 g/mol. The molecule has 5 amide bonds. The van der Waals surface area contributed by atoms with Crippen LogP contribution in [0.5, 0.6) is 5.75 Å². The molecular weight excluding hydrogens is 777 g/mol. The number of anilines is 3. The maximum atomic E-state index is 14.8. The van der Waals surface area contributed by atoms with E-state index in [2.05, 4.69) is 25.9 Å². The van der Waals surface area contributed by atoms with Gasteiger partial charge in [-0.05, 0) is 95.1 Å². The molecule has 18 heteroatoms. The van der Waals surface area contributed by atoms with Crippen LogP contribution in [0.1, 0.15) is 75.6 Å². The first-order chi connectivity index (χ1) is 27.1. The van der Waals surface area contributed by atoms with Gasteiger partial charge in [-0.3, -0.25) is 24.0 Å². The number of halogens is 2. The Bertz CT molecular complexity index is 1850. The maximum Gasteiger partial charge on any atom is 0.258 e. The van der Waals surface area contributed by atoms with E-state index in [1.54, 1.807) is 41.9 Å². The fraction of sp³-hybridized carbons (Fsp3) is 0.615. The third-order valence-electron chi connectivity index (χ3n) is 11.6. The third-order valence-corrected chi connectivity index (χ3v) is 13.5. The number of carbonyl (C=O) groups is 5. The van der Waals surface area contributed by atoms with E-state index in [1.807, 2.05) is 18.7 Å². The number of hydrogen-bond acceptors (Lipinski definition) is 11. The summed E-state index contributed by atoms with van der Waals surface area (Å²) in [6.45, 7) is 5.81. The number of ether oxygens (including phenoxy) is 1. The Labute approximate surface area is 341 Å². The van der Waals surface area contributed by atoms with Crippen molar-refractivity contribution in [3.05, 3.63) is 35.0 Å². The number of alkyl halides is 1. The van der Waals surface area contributed by atoms with Crippen LogP contribution in [0, 0.1) is 11.8 Å². The zero-order valence-corrected chi connectivity index (χ0v) is 34.5. The number of nitrogens with two attached hydrogens (primary N) is 1. The molecule has 5 N–H and O–H groups in total. The zero-order valence-electron chi connectivity index (χ0n) is 32.9. The average Bonchev–Trinajstić information content (AvgIpc) is 3.77. The van der Waals surface area contributed by atoms with Crippen LogP contribution in [0.25, 0.3) is 0 Å². The molecule has 0 bridgehead atoms. The van der Waals surface area contributed by atoms with Crippen molar-refractivity contribution in [2.45, 2.75) is 87.7 Å². The largest absolute Gasteiger partial charge is 0.495 e. The summed E-state index contributed by atoms with van der Waals surface area (Å²) in [5.74, 6) is 0.280. The first kappa shape index (κ1) is 42.2.